The molecule has 4 aliphatic rings. The molecular weight excluding hydrogens is 506 g/mol. The minimum Gasteiger partial charge on any atom is -0.545 e. The highest BCUT2D eigenvalue weighted by atomic mass is 28.3. The standard InChI is InChI=1S/C29H26F2N2O4Si/c1-38(2)25-14-23(32-7-3-8-32)21(30)12-19(25)27(18-11-16(28(34)35)5-6-17(18)29(36)37)20-13-22(31)24(15-26(20)38)33-9-4-10-33/h5-6,11-15H,3-4,7-10H2,1-2H3,(H-,34,35,36,37). The van der Waals surface area contributed by atoms with E-state index in [1.807, 2.05) is 21.6 Å². The molecule has 0 bridgehead atoms. The normalized spacial score (nSPS) is 19.6. The number of hydrogen-bond donors (Lipinski definition) is 1. The number of hydrogen-bond acceptors (Lipinski definition) is 4. The summed E-state index contributed by atoms with van der Waals surface area (Å²) >= 11 is 0. The molecule has 38 heavy (non-hydrogen) atoms. The monoisotopic (exact) mass is 532 g/mol. The summed E-state index contributed by atoms with van der Waals surface area (Å²) in [4.78, 5) is 26.0. The Kier molecular flexibility index (Phi) is 5.53. The second-order valence-corrected chi connectivity index (χ2v) is 15.1. The topological polar surface area (TPSA) is 83.7 Å². The van der Waals surface area contributed by atoms with Gasteiger partial charge in [-0.3, -0.25) is 0 Å². The molecule has 1 N–H and O–H groups in total. The fourth-order valence-electron chi connectivity index (χ4n) is 5.82. The Morgan fingerprint density at radius 2 is 1.76 bits per heavy atom. The van der Waals surface area contributed by atoms with Crippen molar-refractivity contribution in [1.29, 1.82) is 0 Å². The molecule has 2 aromatic carbocycles. The average Bonchev–Trinajstić information content (AvgIpc) is 2.78. The Morgan fingerprint density at radius 3 is 2.34 bits per heavy atom. The van der Waals surface area contributed by atoms with E-state index in [9.17, 15) is 19.8 Å². The van der Waals surface area contributed by atoms with Gasteiger partial charge in [-0.1, -0.05) is 19.2 Å². The second-order valence-electron chi connectivity index (χ2n) is 10.7. The number of carbonyl (C=O) groups is 2. The molecule has 0 aromatic heterocycles. The molecule has 3 heterocycles. The van der Waals surface area contributed by atoms with E-state index in [1.54, 1.807) is 0 Å². The van der Waals surface area contributed by atoms with E-state index in [0.29, 0.717) is 28.1 Å². The highest BCUT2D eigenvalue weighted by molar-refractivity contribution is 6.98. The summed E-state index contributed by atoms with van der Waals surface area (Å²) in [6.07, 6.45) is 5.24. The quantitative estimate of drug-likeness (QED) is 0.484. The third kappa shape index (κ3) is 3.59. The van der Waals surface area contributed by atoms with Gasteiger partial charge in [0.15, 0.2) is 5.83 Å². The lowest BCUT2D eigenvalue weighted by molar-refractivity contribution is -0.582. The van der Waals surface area contributed by atoms with Gasteiger partial charge in [0.05, 0.1) is 23.6 Å². The van der Waals surface area contributed by atoms with Crippen LogP contribution in [0.2, 0.25) is 13.1 Å². The minimum absolute atomic E-state index is 0.0957. The number of rotatable bonds is 4. The molecule has 2 aromatic rings. The van der Waals surface area contributed by atoms with Crippen LogP contribution in [-0.2, 0) is 0 Å². The van der Waals surface area contributed by atoms with Crippen molar-refractivity contribution in [3.8, 4) is 0 Å². The molecule has 0 saturated carbocycles. The molecule has 0 radical (unpaired) electrons. The predicted molar refractivity (Wildman–Crippen MR) is 141 cm³/mol. The van der Waals surface area contributed by atoms with E-state index in [1.165, 1.54) is 30.3 Å². The van der Waals surface area contributed by atoms with Crippen molar-refractivity contribution in [2.24, 2.45) is 0 Å². The molecule has 6 nitrogen and oxygen atoms in total. The van der Waals surface area contributed by atoms with Crippen LogP contribution in [-0.4, -0.2) is 61.6 Å². The lowest BCUT2D eigenvalue weighted by Gasteiger charge is -2.40. The number of allylic oxidation sites excluding steroid dienone is 5. The zero-order chi connectivity index (χ0) is 26.9. The Morgan fingerprint density at radius 1 is 1.03 bits per heavy atom. The predicted octanol–water partition coefficient (Wildman–Crippen LogP) is 3.02. The smallest absolute Gasteiger partial charge is 0.336 e. The summed E-state index contributed by atoms with van der Waals surface area (Å²) in [5.74, 6) is -3.62. The van der Waals surface area contributed by atoms with Gasteiger partial charge in [-0.25, -0.2) is 13.8 Å². The molecule has 0 spiro atoms. The van der Waals surface area contributed by atoms with Crippen LogP contribution in [0.25, 0.3) is 5.57 Å². The van der Waals surface area contributed by atoms with Gasteiger partial charge in [-0.2, -0.15) is 4.39 Å². The number of carbonyl (C=O) groups excluding carboxylic acids is 1. The third-order valence-corrected chi connectivity index (χ3v) is 11.7. The third-order valence-electron chi connectivity index (χ3n) is 8.21. The van der Waals surface area contributed by atoms with Crippen molar-refractivity contribution in [2.75, 3.05) is 31.1 Å². The lowest BCUT2D eigenvalue weighted by atomic mass is 9.86. The van der Waals surface area contributed by atoms with Gasteiger partial charge in [0.1, 0.15) is 27.0 Å². The van der Waals surface area contributed by atoms with Gasteiger partial charge in [0.2, 0.25) is 5.71 Å². The van der Waals surface area contributed by atoms with E-state index >= 15 is 8.78 Å². The van der Waals surface area contributed by atoms with Crippen molar-refractivity contribution < 1.29 is 33.2 Å². The van der Waals surface area contributed by atoms with Crippen LogP contribution < -0.4 is 15.2 Å². The maximum Gasteiger partial charge on any atom is 0.336 e. The van der Waals surface area contributed by atoms with Crippen molar-refractivity contribution in [1.82, 2.24) is 0 Å². The SMILES string of the molecule is C[Si]1(C)C2=CC(=[N+]3CCC3)C(F)=CC2=C(c2cc(C(=O)[O-])ccc2C(=O)O)c2cc(F)c(N3CCC3)cc21. The number of fused-ring (bicyclic) bond motifs is 2. The Hall–Kier alpha value is -3.85. The van der Waals surface area contributed by atoms with Gasteiger partial charge in [-0.15, -0.1) is 0 Å². The van der Waals surface area contributed by atoms with Crippen molar-refractivity contribution in [2.45, 2.75) is 25.9 Å². The highest BCUT2D eigenvalue weighted by Gasteiger charge is 2.44. The Bertz CT molecular complexity index is 1580. The van der Waals surface area contributed by atoms with E-state index in [-0.39, 0.29) is 16.7 Å². The zero-order valence-electron chi connectivity index (χ0n) is 21.1. The van der Waals surface area contributed by atoms with Gasteiger partial charge in [-0.05, 0) is 75.0 Å². The summed E-state index contributed by atoms with van der Waals surface area (Å²) < 4.78 is 33.2. The molecule has 6 rings (SSSR count). The summed E-state index contributed by atoms with van der Waals surface area (Å²) in [6, 6.07) is 6.91. The molecule has 0 amide bonds. The largest absolute Gasteiger partial charge is 0.545 e. The summed E-state index contributed by atoms with van der Waals surface area (Å²) in [5, 5.41) is 23.6. The number of anilines is 1. The van der Waals surface area contributed by atoms with Crippen LogP contribution in [0.15, 0.2) is 59.1 Å². The molecule has 9 heteroatoms. The fourth-order valence-corrected chi connectivity index (χ4v) is 8.84. The highest BCUT2D eigenvalue weighted by Crippen LogP contribution is 2.44. The summed E-state index contributed by atoms with van der Waals surface area (Å²) in [7, 11) is -2.55. The molecule has 3 aliphatic heterocycles. The first kappa shape index (κ1) is 24.5. The van der Waals surface area contributed by atoms with Crippen LogP contribution in [0.4, 0.5) is 14.5 Å². The number of nitrogens with zero attached hydrogens (tertiary/aromatic N) is 2. The molecule has 194 valence electrons. The van der Waals surface area contributed by atoms with E-state index in [0.717, 1.165) is 49.4 Å². The van der Waals surface area contributed by atoms with Gasteiger partial charge < -0.3 is 19.9 Å². The molecule has 2 saturated heterocycles. The van der Waals surface area contributed by atoms with Crippen molar-refractivity contribution >= 4 is 42.2 Å². The average molecular weight is 533 g/mol. The number of carboxylic acid groups (broad SMARTS) is 2. The zero-order valence-corrected chi connectivity index (χ0v) is 22.1. The van der Waals surface area contributed by atoms with Crippen LogP contribution in [0.1, 0.15) is 44.7 Å². The molecule has 2 fully saturated rings. The minimum atomic E-state index is -2.55. The van der Waals surface area contributed by atoms with Crippen LogP contribution in [0, 0.1) is 5.82 Å². The molecule has 0 unspecified atom stereocenters. The maximum absolute atomic E-state index is 15.6. The van der Waals surface area contributed by atoms with E-state index in [2.05, 4.69) is 13.1 Å². The molecule has 1 aliphatic carbocycles. The first-order chi connectivity index (χ1) is 18.1. The fraction of sp³-hybridized carbons (Fsp3) is 0.276. The number of benzene rings is 2. The summed E-state index contributed by atoms with van der Waals surface area (Å²) in [6.45, 7) is 7.29. The van der Waals surface area contributed by atoms with Crippen molar-refractivity contribution in [3.63, 3.8) is 0 Å². The Balaban J connectivity index is 1.72. The van der Waals surface area contributed by atoms with E-state index < -0.39 is 31.7 Å². The maximum atomic E-state index is 15.6. The van der Waals surface area contributed by atoms with Crippen molar-refractivity contribution in [3.05, 3.63) is 87.2 Å². The van der Waals surface area contributed by atoms with Gasteiger partial charge >= 0.3 is 5.97 Å². The molecule has 0 atom stereocenters. The first-order valence-corrected chi connectivity index (χ1v) is 15.7. The summed E-state index contributed by atoms with van der Waals surface area (Å²) in [5.41, 5.74) is 2.02. The van der Waals surface area contributed by atoms with Gasteiger partial charge in [0.25, 0.3) is 0 Å². The van der Waals surface area contributed by atoms with Crippen LogP contribution in [0.3, 0.4) is 0 Å². The second kappa shape index (κ2) is 8.59. The first-order valence-electron chi connectivity index (χ1n) is 12.7. The number of carboxylic acids is 2. The van der Waals surface area contributed by atoms with Crippen LogP contribution >= 0.6 is 0 Å². The Labute approximate surface area is 219 Å². The van der Waals surface area contributed by atoms with Crippen LogP contribution in [0.5, 0.6) is 0 Å². The number of halogens is 2. The number of aromatic carboxylic acids is 2. The van der Waals surface area contributed by atoms with E-state index in [4.69, 9.17) is 0 Å². The van der Waals surface area contributed by atoms with Gasteiger partial charge in [0, 0.05) is 19.2 Å². The molecular formula is C29H26F2N2O4Si. The lowest BCUT2D eigenvalue weighted by Crippen LogP contribution is -2.51.